The molecule has 0 bridgehead atoms. The predicted octanol–water partition coefficient (Wildman–Crippen LogP) is 8.71. The summed E-state index contributed by atoms with van der Waals surface area (Å²) in [4.78, 5) is 27.2. The van der Waals surface area contributed by atoms with Gasteiger partial charge in [-0.05, 0) is 81.3 Å². The minimum Gasteiger partial charge on any atom is -0.461 e. The molecule has 1 unspecified atom stereocenters. The molecule has 1 atom stereocenters. The van der Waals surface area contributed by atoms with Crippen molar-refractivity contribution in [1.82, 2.24) is 4.90 Å². The van der Waals surface area contributed by atoms with Crippen LogP contribution in [0.2, 0.25) is 0 Å². The second-order valence-electron chi connectivity index (χ2n) is 12.1. The van der Waals surface area contributed by atoms with E-state index in [9.17, 15) is 9.59 Å². The number of nitrogens with zero attached hydrogens (tertiary/aromatic N) is 1. The third kappa shape index (κ3) is 19.1. The van der Waals surface area contributed by atoms with Crippen LogP contribution >= 0.6 is 0 Å². The second-order valence-corrected chi connectivity index (χ2v) is 12.1. The van der Waals surface area contributed by atoms with Gasteiger partial charge in [0.1, 0.15) is 13.2 Å². The van der Waals surface area contributed by atoms with E-state index in [1.165, 1.54) is 25.7 Å². The molecule has 1 fully saturated rings. The normalized spacial score (nSPS) is 15.6. The summed E-state index contributed by atoms with van der Waals surface area (Å²) in [5, 5.41) is 0. The number of unbranched alkanes of at least 4 members (excludes halogenated alkanes) is 4. The zero-order valence-corrected chi connectivity index (χ0v) is 28.9. The molecule has 1 heterocycles. The summed E-state index contributed by atoms with van der Waals surface area (Å²) >= 11 is 0. The Balaban J connectivity index is 1.76. The molecule has 8 nitrogen and oxygen atoms in total. The Bertz CT molecular complexity index is 1000. The van der Waals surface area contributed by atoms with E-state index in [-0.39, 0.29) is 25.6 Å². The highest BCUT2D eigenvalue weighted by Crippen LogP contribution is 2.18. The van der Waals surface area contributed by atoms with Crippen molar-refractivity contribution in [2.45, 2.75) is 117 Å². The third-order valence-electron chi connectivity index (χ3n) is 7.90. The maximum atomic E-state index is 12.6. The summed E-state index contributed by atoms with van der Waals surface area (Å²) in [7, 11) is 0. The molecule has 1 aromatic carbocycles. The molecule has 1 aliphatic rings. The average Bonchev–Trinajstić information content (AvgIpc) is 3.06. The van der Waals surface area contributed by atoms with E-state index in [1.54, 1.807) is 0 Å². The van der Waals surface area contributed by atoms with Gasteiger partial charge in [0.05, 0.1) is 26.2 Å². The number of esters is 1. The van der Waals surface area contributed by atoms with E-state index in [1.807, 2.05) is 18.2 Å². The SMILES string of the molecule is [CH2]c1cc(COC(=O)CCC(OCC/C=C\CCCC)OCC/C=C\CCCC)cc(COC(=O)OCC2CCCN(CC)C2)c1. The fourth-order valence-electron chi connectivity index (χ4n) is 5.29. The molecular weight excluding hydrogens is 582 g/mol. The van der Waals surface area contributed by atoms with Crippen molar-refractivity contribution >= 4 is 12.1 Å². The smallest absolute Gasteiger partial charge is 0.461 e. The van der Waals surface area contributed by atoms with Gasteiger partial charge >= 0.3 is 12.1 Å². The highest BCUT2D eigenvalue weighted by molar-refractivity contribution is 5.69. The van der Waals surface area contributed by atoms with E-state index in [0.29, 0.717) is 32.2 Å². The van der Waals surface area contributed by atoms with E-state index < -0.39 is 12.4 Å². The molecule has 2 rings (SSSR count). The molecule has 8 heteroatoms. The number of ether oxygens (including phenoxy) is 5. The van der Waals surface area contributed by atoms with E-state index in [0.717, 1.165) is 74.8 Å². The van der Waals surface area contributed by atoms with Gasteiger partial charge in [-0.25, -0.2) is 4.79 Å². The van der Waals surface area contributed by atoms with E-state index in [4.69, 9.17) is 23.7 Å². The molecular formula is C38H60NO7. The summed E-state index contributed by atoms with van der Waals surface area (Å²) in [6.07, 6.45) is 18.9. The lowest BCUT2D eigenvalue weighted by Gasteiger charge is -2.31. The zero-order chi connectivity index (χ0) is 33.2. The second kappa shape index (κ2) is 25.4. The van der Waals surface area contributed by atoms with Crippen molar-refractivity contribution in [3.8, 4) is 0 Å². The molecule has 0 aliphatic carbocycles. The monoisotopic (exact) mass is 642 g/mol. The van der Waals surface area contributed by atoms with E-state index in [2.05, 4.69) is 56.9 Å². The van der Waals surface area contributed by atoms with Gasteiger partial charge in [-0.2, -0.15) is 0 Å². The van der Waals surface area contributed by atoms with Crippen LogP contribution in [0.25, 0.3) is 0 Å². The number of carbonyl (C=O) groups excluding carboxylic acids is 2. The number of rotatable bonds is 24. The lowest BCUT2D eigenvalue weighted by Crippen LogP contribution is -2.37. The quantitative estimate of drug-likeness (QED) is 0.0479. The number of likely N-dealkylation sites (tertiary alicyclic amines) is 1. The first kappa shape index (κ1) is 39.5. The van der Waals surface area contributed by atoms with Crippen LogP contribution in [0.5, 0.6) is 0 Å². The van der Waals surface area contributed by atoms with Crippen LogP contribution < -0.4 is 0 Å². The van der Waals surface area contributed by atoms with Crippen LogP contribution in [0.1, 0.15) is 115 Å². The molecule has 259 valence electrons. The Kier molecular flexibility index (Phi) is 21.8. The minimum absolute atomic E-state index is 0.0623. The lowest BCUT2D eigenvalue weighted by molar-refractivity contribution is -0.158. The van der Waals surface area contributed by atoms with Crippen LogP contribution in [0, 0.1) is 12.8 Å². The molecule has 46 heavy (non-hydrogen) atoms. The molecule has 0 N–H and O–H groups in total. The van der Waals surface area contributed by atoms with Crippen LogP contribution in [0.15, 0.2) is 42.5 Å². The third-order valence-corrected chi connectivity index (χ3v) is 7.90. The van der Waals surface area contributed by atoms with Gasteiger partial charge in [-0.15, -0.1) is 0 Å². The maximum Gasteiger partial charge on any atom is 0.508 e. The minimum atomic E-state index is -0.671. The van der Waals surface area contributed by atoms with Crippen LogP contribution in [0.3, 0.4) is 0 Å². The number of benzene rings is 1. The van der Waals surface area contributed by atoms with Crippen molar-refractivity contribution in [1.29, 1.82) is 0 Å². The highest BCUT2D eigenvalue weighted by Gasteiger charge is 2.20. The average molecular weight is 643 g/mol. The number of piperidine rings is 1. The van der Waals surface area contributed by atoms with Gasteiger partial charge in [-0.3, -0.25) is 4.79 Å². The number of carbonyl (C=O) groups is 2. The van der Waals surface area contributed by atoms with Gasteiger partial charge in [0.15, 0.2) is 6.29 Å². The Morgan fingerprint density at radius 2 is 1.48 bits per heavy atom. The first-order chi connectivity index (χ1) is 22.4. The fourth-order valence-corrected chi connectivity index (χ4v) is 5.29. The Morgan fingerprint density at radius 1 is 0.870 bits per heavy atom. The molecule has 1 aromatic rings. The van der Waals surface area contributed by atoms with Crippen molar-refractivity contribution in [3.05, 3.63) is 66.1 Å². The van der Waals surface area contributed by atoms with Crippen molar-refractivity contribution in [3.63, 3.8) is 0 Å². The summed E-state index contributed by atoms with van der Waals surface area (Å²) in [5.74, 6) is 0.0189. The molecule has 0 aromatic heterocycles. The van der Waals surface area contributed by atoms with Crippen LogP contribution in [-0.2, 0) is 41.7 Å². The lowest BCUT2D eigenvalue weighted by atomic mass is 9.99. The molecule has 0 amide bonds. The molecule has 0 spiro atoms. The number of allylic oxidation sites excluding steroid dienone is 2. The summed E-state index contributed by atoms with van der Waals surface area (Å²) < 4.78 is 28.3. The number of hydrogen-bond donors (Lipinski definition) is 0. The fraction of sp³-hybridized carbons (Fsp3) is 0.658. The van der Waals surface area contributed by atoms with Gasteiger partial charge in [0.2, 0.25) is 0 Å². The first-order valence-corrected chi connectivity index (χ1v) is 17.6. The summed E-state index contributed by atoms with van der Waals surface area (Å²) in [6, 6.07) is 5.55. The molecule has 1 aliphatic heterocycles. The standard InChI is InChI=1S/C38H60NO7/c1-5-8-10-12-14-16-23-42-37(43-24-17-15-13-11-9-6-2)21-20-36(40)44-30-34-25-32(4)26-35(27-34)31-46-38(41)45-29-33-19-18-22-39(7-3)28-33/h12-15,25-27,33,37H,4-11,16-24,28-31H2,1-3H3/b14-12-,15-13-. The Labute approximate surface area is 278 Å². The van der Waals surface area contributed by atoms with Gasteiger partial charge in [0, 0.05) is 18.9 Å². The summed E-state index contributed by atoms with van der Waals surface area (Å²) in [5.41, 5.74) is 2.29. The highest BCUT2D eigenvalue weighted by atomic mass is 16.7. The van der Waals surface area contributed by atoms with Crippen molar-refractivity contribution < 1.29 is 33.3 Å². The van der Waals surface area contributed by atoms with Gasteiger partial charge in [0.25, 0.3) is 0 Å². The number of hydrogen-bond acceptors (Lipinski definition) is 8. The predicted molar refractivity (Wildman–Crippen MR) is 183 cm³/mol. The van der Waals surface area contributed by atoms with Crippen molar-refractivity contribution in [2.24, 2.45) is 5.92 Å². The Hall–Kier alpha value is -2.68. The topological polar surface area (TPSA) is 83.5 Å². The first-order valence-electron chi connectivity index (χ1n) is 17.6. The van der Waals surface area contributed by atoms with E-state index >= 15 is 0 Å². The summed E-state index contributed by atoms with van der Waals surface area (Å²) in [6.45, 7) is 15.2. The molecule has 0 saturated carbocycles. The zero-order valence-electron chi connectivity index (χ0n) is 28.9. The van der Waals surface area contributed by atoms with Gasteiger partial charge < -0.3 is 28.6 Å². The molecule has 1 radical (unpaired) electrons. The van der Waals surface area contributed by atoms with Gasteiger partial charge in [-0.1, -0.05) is 82.9 Å². The van der Waals surface area contributed by atoms with Crippen molar-refractivity contribution in [2.75, 3.05) is 39.5 Å². The molecule has 1 saturated heterocycles. The Morgan fingerprint density at radius 3 is 2.09 bits per heavy atom. The largest absolute Gasteiger partial charge is 0.508 e. The van der Waals surface area contributed by atoms with Crippen LogP contribution in [-0.4, -0.2) is 62.8 Å². The maximum absolute atomic E-state index is 12.6. The van der Waals surface area contributed by atoms with Crippen LogP contribution in [0.4, 0.5) is 4.79 Å².